The SMILES string of the molecule is CCCCCc1ccc(C/C=C\CC2CCC(C3CCC(CCCCC)CC3)CC2)cc1. The number of hydrogen-bond acceptors (Lipinski definition) is 0. The second kappa shape index (κ2) is 15.0. The van der Waals surface area contributed by atoms with E-state index < -0.39 is 0 Å². The van der Waals surface area contributed by atoms with Crippen molar-refractivity contribution in [2.45, 2.75) is 129 Å². The zero-order chi connectivity index (χ0) is 22.4. The minimum Gasteiger partial charge on any atom is -0.0879 e. The fourth-order valence-electron chi connectivity index (χ4n) is 6.46. The molecule has 3 rings (SSSR count). The zero-order valence-electron chi connectivity index (χ0n) is 21.5. The lowest BCUT2D eigenvalue weighted by Gasteiger charge is -2.37. The van der Waals surface area contributed by atoms with Gasteiger partial charge in [-0.2, -0.15) is 0 Å². The van der Waals surface area contributed by atoms with Gasteiger partial charge in [-0.3, -0.25) is 0 Å². The topological polar surface area (TPSA) is 0 Å². The molecule has 0 heterocycles. The molecule has 1 aromatic rings. The Labute approximate surface area is 200 Å². The smallest absolute Gasteiger partial charge is 0.00975 e. The van der Waals surface area contributed by atoms with Gasteiger partial charge in [-0.05, 0) is 99.0 Å². The summed E-state index contributed by atoms with van der Waals surface area (Å²) in [6.07, 6.45) is 30.6. The molecule has 1 aromatic carbocycles. The van der Waals surface area contributed by atoms with Crippen molar-refractivity contribution >= 4 is 0 Å². The van der Waals surface area contributed by atoms with Gasteiger partial charge in [-0.25, -0.2) is 0 Å². The van der Waals surface area contributed by atoms with E-state index in [2.05, 4.69) is 50.3 Å². The molecular formula is C32H52. The van der Waals surface area contributed by atoms with Gasteiger partial charge >= 0.3 is 0 Å². The molecule has 2 fully saturated rings. The Morgan fingerprint density at radius 3 is 1.81 bits per heavy atom. The molecule has 0 heteroatoms. The zero-order valence-corrected chi connectivity index (χ0v) is 21.5. The fourth-order valence-corrected chi connectivity index (χ4v) is 6.46. The summed E-state index contributed by atoms with van der Waals surface area (Å²) in [5.41, 5.74) is 2.97. The molecule has 0 amide bonds. The fraction of sp³-hybridized carbons (Fsp3) is 0.750. The maximum atomic E-state index is 2.49. The van der Waals surface area contributed by atoms with Gasteiger partial charge in [-0.15, -0.1) is 0 Å². The molecule has 32 heavy (non-hydrogen) atoms. The summed E-state index contributed by atoms with van der Waals surface area (Å²) >= 11 is 0. The van der Waals surface area contributed by atoms with Crippen LogP contribution in [-0.2, 0) is 12.8 Å². The van der Waals surface area contributed by atoms with E-state index in [4.69, 9.17) is 0 Å². The van der Waals surface area contributed by atoms with Crippen molar-refractivity contribution in [2.75, 3.05) is 0 Å². The molecule has 0 radical (unpaired) electrons. The number of rotatable bonds is 13. The molecule has 0 atom stereocenters. The van der Waals surface area contributed by atoms with Crippen LogP contribution in [0.25, 0.3) is 0 Å². The van der Waals surface area contributed by atoms with Crippen molar-refractivity contribution in [3.63, 3.8) is 0 Å². The predicted molar refractivity (Wildman–Crippen MR) is 142 cm³/mol. The monoisotopic (exact) mass is 436 g/mol. The Bertz CT molecular complexity index is 608. The standard InChI is InChI=1S/C32H52/c1-3-5-7-11-27-15-17-28(18-16-27)13-9-10-14-30-21-25-32(26-22-30)31-23-19-29(20-24-31)12-8-6-4-2/h9-10,15-18,29-32H,3-8,11-14,19-26H2,1-2H3/b10-9-. The van der Waals surface area contributed by atoms with Crippen LogP contribution in [0, 0.1) is 23.7 Å². The molecule has 0 aliphatic heterocycles. The summed E-state index contributed by atoms with van der Waals surface area (Å²) in [5, 5.41) is 0. The third-order valence-electron chi connectivity index (χ3n) is 8.75. The highest BCUT2D eigenvalue weighted by molar-refractivity contribution is 5.24. The summed E-state index contributed by atoms with van der Waals surface area (Å²) in [7, 11) is 0. The van der Waals surface area contributed by atoms with E-state index in [-0.39, 0.29) is 0 Å². The van der Waals surface area contributed by atoms with Crippen LogP contribution in [0.1, 0.15) is 128 Å². The van der Waals surface area contributed by atoms with Gasteiger partial charge in [-0.1, -0.05) is 102 Å². The Morgan fingerprint density at radius 2 is 1.19 bits per heavy atom. The number of unbranched alkanes of at least 4 members (excludes halogenated alkanes) is 4. The van der Waals surface area contributed by atoms with E-state index in [0.29, 0.717) is 0 Å². The highest BCUT2D eigenvalue weighted by Crippen LogP contribution is 2.42. The van der Waals surface area contributed by atoms with Crippen molar-refractivity contribution in [1.29, 1.82) is 0 Å². The lowest BCUT2D eigenvalue weighted by Crippen LogP contribution is -2.25. The van der Waals surface area contributed by atoms with E-state index in [1.54, 1.807) is 12.8 Å². The third kappa shape index (κ3) is 9.07. The third-order valence-corrected chi connectivity index (χ3v) is 8.75. The molecule has 0 N–H and O–H groups in total. The largest absolute Gasteiger partial charge is 0.0879 e. The van der Waals surface area contributed by atoms with E-state index in [0.717, 1.165) is 30.1 Å². The minimum atomic E-state index is 0.953. The first kappa shape index (κ1) is 25.6. The highest BCUT2D eigenvalue weighted by atomic mass is 14.4. The lowest BCUT2D eigenvalue weighted by atomic mass is 9.68. The van der Waals surface area contributed by atoms with Crippen LogP contribution < -0.4 is 0 Å². The quantitative estimate of drug-likeness (QED) is 0.213. The van der Waals surface area contributed by atoms with Gasteiger partial charge in [0.05, 0.1) is 0 Å². The number of allylic oxidation sites excluding steroid dienone is 2. The molecule has 0 nitrogen and oxygen atoms in total. The van der Waals surface area contributed by atoms with E-state index in [1.807, 2.05) is 0 Å². The van der Waals surface area contributed by atoms with Crippen LogP contribution in [0.3, 0.4) is 0 Å². The van der Waals surface area contributed by atoms with Gasteiger partial charge in [0.25, 0.3) is 0 Å². The summed E-state index contributed by atoms with van der Waals surface area (Å²) in [6.45, 7) is 4.61. The summed E-state index contributed by atoms with van der Waals surface area (Å²) in [6, 6.07) is 9.38. The highest BCUT2D eigenvalue weighted by Gasteiger charge is 2.30. The Morgan fingerprint density at radius 1 is 0.625 bits per heavy atom. The molecule has 2 aliphatic rings. The van der Waals surface area contributed by atoms with Gasteiger partial charge in [0, 0.05) is 0 Å². The molecule has 0 bridgehead atoms. The first-order chi connectivity index (χ1) is 15.8. The van der Waals surface area contributed by atoms with Crippen LogP contribution in [0.4, 0.5) is 0 Å². The van der Waals surface area contributed by atoms with Crippen LogP contribution in [-0.4, -0.2) is 0 Å². The Kier molecular flexibility index (Phi) is 12.0. The van der Waals surface area contributed by atoms with Crippen molar-refractivity contribution in [2.24, 2.45) is 23.7 Å². The van der Waals surface area contributed by atoms with E-state index in [9.17, 15) is 0 Å². The first-order valence-corrected chi connectivity index (χ1v) is 14.5. The molecule has 0 saturated heterocycles. The first-order valence-electron chi connectivity index (χ1n) is 14.5. The van der Waals surface area contributed by atoms with Crippen molar-refractivity contribution in [3.05, 3.63) is 47.5 Å². The van der Waals surface area contributed by atoms with Crippen LogP contribution in [0.5, 0.6) is 0 Å². The van der Waals surface area contributed by atoms with E-state index in [1.165, 1.54) is 107 Å². The van der Waals surface area contributed by atoms with Crippen molar-refractivity contribution < 1.29 is 0 Å². The van der Waals surface area contributed by atoms with Gasteiger partial charge in [0.1, 0.15) is 0 Å². The molecule has 0 aromatic heterocycles. The summed E-state index contributed by atoms with van der Waals surface area (Å²) in [4.78, 5) is 0. The maximum Gasteiger partial charge on any atom is -0.00975 e. The lowest BCUT2D eigenvalue weighted by molar-refractivity contribution is 0.143. The minimum absolute atomic E-state index is 0.953. The van der Waals surface area contributed by atoms with Crippen molar-refractivity contribution in [1.82, 2.24) is 0 Å². The van der Waals surface area contributed by atoms with E-state index >= 15 is 0 Å². The number of benzene rings is 1. The predicted octanol–water partition coefficient (Wildman–Crippen LogP) is 10.1. The average molecular weight is 437 g/mol. The summed E-state index contributed by atoms with van der Waals surface area (Å²) < 4.78 is 0. The van der Waals surface area contributed by atoms with Crippen LogP contribution in [0.2, 0.25) is 0 Å². The second-order valence-electron chi connectivity index (χ2n) is 11.2. The van der Waals surface area contributed by atoms with Crippen molar-refractivity contribution in [3.8, 4) is 0 Å². The van der Waals surface area contributed by atoms with Crippen LogP contribution in [0.15, 0.2) is 36.4 Å². The van der Waals surface area contributed by atoms with Gasteiger partial charge < -0.3 is 0 Å². The molecule has 0 spiro atoms. The summed E-state index contributed by atoms with van der Waals surface area (Å²) in [5.74, 6) is 4.15. The Hall–Kier alpha value is -1.04. The molecule has 0 unspecified atom stereocenters. The van der Waals surface area contributed by atoms with Gasteiger partial charge in [0.15, 0.2) is 0 Å². The maximum absolute atomic E-state index is 2.49. The van der Waals surface area contributed by atoms with Gasteiger partial charge in [0.2, 0.25) is 0 Å². The average Bonchev–Trinajstić information content (AvgIpc) is 2.84. The number of hydrogen-bond donors (Lipinski definition) is 0. The molecule has 2 saturated carbocycles. The Balaban J connectivity index is 1.27. The second-order valence-corrected chi connectivity index (χ2v) is 11.2. The molecule has 180 valence electrons. The molecule has 2 aliphatic carbocycles. The van der Waals surface area contributed by atoms with Crippen LogP contribution >= 0.6 is 0 Å². The number of aryl methyl sites for hydroxylation is 1. The molecular weight excluding hydrogens is 384 g/mol. The normalized spacial score (nSPS) is 26.6.